The number of nitrogens with one attached hydrogen (secondary N) is 1. The second-order valence-electron chi connectivity index (χ2n) is 5.37. The summed E-state index contributed by atoms with van der Waals surface area (Å²) in [5.41, 5.74) is 1.06. The minimum absolute atomic E-state index is 0.0530. The van der Waals surface area contributed by atoms with Crippen LogP contribution in [-0.4, -0.2) is 16.4 Å². The van der Waals surface area contributed by atoms with Gasteiger partial charge in [-0.1, -0.05) is 39.0 Å². The average Bonchev–Trinajstić information content (AvgIpc) is 2.80. The Kier molecular flexibility index (Phi) is 4.17. The van der Waals surface area contributed by atoms with Crippen LogP contribution in [0.3, 0.4) is 0 Å². The van der Waals surface area contributed by atoms with Gasteiger partial charge in [0.1, 0.15) is 5.75 Å². The first-order chi connectivity index (χ1) is 9.00. The predicted molar refractivity (Wildman–Crippen MR) is 77.9 cm³/mol. The highest BCUT2D eigenvalue weighted by Crippen LogP contribution is 2.29. The van der Waals surface area contributed by atoms with Crippen LogP contribution in [0.5, 0.6) is 10.9 Å². The van der Waals surface area contributed by atoms with Crippen LogP contribution in [0.15, 0.2) is 24.3 Å². The van der Waals surface area contributed by atoms with Crippen LogP contribution in [0.4, 0.5) is 0 Å². The zero-order valence-electron chi connectivity index (χ0n) is 11.7. The molecule has 0 aliphatic heterocycles. The number of hydrogen-bond acceptors (Lipinski definition) is 5. The van der Waals surface area contributed by atoms with E-state index in [1.54, 1.807) is 0 Å². The summed E-state index contributed by atoms with van der Waals surface area (Å²) in [5.74, 6) is 1.65. The van der Waals surface area contributed by atoms with Gasteiger partial charge in [0, 0.05) is 29.1 Å². The molecule has 0 amide bonds. The highest BCUT2D eigenvalue weighted by molar-refractivity contribution is 7.07. The van der Waals surface area contributed by atoms with Gasteiger partial charge in [0.05, 0.1) is 0 Å². The lowest BCUT2D eigenvalue weighted by Gasteiger charge is -2.12. The number of rotatable bonds is 4. The maximum absolute atomic E-state index is 5.84. The maximum Gasteiger partial charge on any atom is 0.298 e. The molecule has 102 valence electrons. The van der Waals surface area contributed by atoms with E-state index in [-0.39, 0.29) is 5.41 Å². The van der Waals surface area contributed by atoms with Crippen molar-refractivity contribution in [3.63, 3.8) is 0 Å². The fraction of sp³-hybridized carbons (Fsp3) is 0.429. The fourth-order valence-electron chi connectivity index (χ4n) is 1.59. The molecule has 0 aliphatic rings. The summed E-state index contributed by atoms with van der Waals surface area (Å²) < 4.78 is 10.2. The molecule has 19 heavy (non-hydrogen) atoms. The number of ether oxygens (including phenoxy) is 1. The van der Waals surface area contributed by atoms with Crippen LogP contribution in [0.25, 0.3) is 0 Å². The Morgan fingerprint density at radius 2 is 2.00 bits per heavy atom. The van der Waals surface area contributed by atoms with Crippen molar-refractivity contribution in [1.82, 2.24) is 14.7 Å². The van der Waals surface area contributed by atoms with Gasteiger partial charge < -0.3 is 10.1 Å². The van der Waals surface area contributed by atoms with Crippen molar-refractivity contribution in [2.24, 2.45) is 0 Å². The van der Waals surface area contributed by atoms with Crippen LogP contribution >= 0.6 is 11.5 Å². The first-order valence-corrected chi connectivity index (χ1v) is 7.02. The lowest BCUT2D eigenvalue weighted by Crippen LogP contribution is -2.13. The summed E-state index contributed by atoms with van der Waals surface area (Å²) in [5, 5.41) is 3.72. The molecule has 0 radical (unpaired) electrons. The average molecular weight is 277 g/mol. The summed E-state index contributed by atoms with van der Waals surface area (Å²) in [6.07, 6.45) is 0. The molecule has 0 atom stereocenters. The van der Waals surface area contributed by atoms with Gasteiger partial charge in [-0.25, -0.2) is 0 Å². The van der Waals surface area contributed by atoms with E-state index in [1.165, 1.54) is 11.5 Å². The molecule has 0 aliphatic carbocycles. The van der Waals surface area contributed by atoms with E-state index in [9.17, 15) is 0 Å². The van der Waals surface area contributed by atoms with Crippen molar-refractivity contribution in [1.29, 1.82) is 0 Å². The van der Waals surface area contributed by atoms with Crippen LogP contribution in [0.2, 0.25) is 0 Å². The summed E-state index contributed by atoms with van der Waals surface area (Å²) in [7, 11) is 1.92. The van der Waals surface area contributed by atoms with Crippen molar-refractivity contribution in [2.45, 2.75) is 32.7 Å². The molecule has 1 aromatic heterocycles. The van der Waals surface area contributed by atoms with E-state index < -0.39 is 0 Å². The van der Waals surface area contributed by atoms with Gasteiger partial charge in [0.15, 0.2) is 5.82 Å². The lowest BCUT2D eigenvalue weighted by atomic mass is 9.96. The third-order valence-electron chi connectivity index (χ3n) is 2.62. The second-order valence-corrected chi connectivity index (χ2v) is 6.09. The molecule has 1 heterocycles. The van der Waals surface area contributed by atoms with E-state index in [1.807, 2.05) is 31.3 Å². The highest BCUT2D eigenvalue weighted by Gasteiger charge is 2.20. The van der Waals surface area contributed by atoms with Gasteiger partial charge >= 0.3 is 0 Å². The Bertz CT molecular complexity index is 546. The largest absolute Gasteiger partial charge is 0.430 e. The number of para-hydroxylation sites is 1. The molecule has 0 saturated carbocycles. The molecule has 0 bridgehead atoms. The molecule has 0 unspecified atom stereocenters. The maximum atomic E-state index is 5.84. The van der Waals surface area contributed by atoms with Crippen LogP contribution < -0.4 is 10.1 Å². The summed E-state index contributed by atoms with van der Waals surface area (Å²) in [4.78, 5) is 4.44. The molecular formula is C14H19N3OS. The Balaban J connectivity index is 2.19. The third kappa shape index (κ3) is 3.52. The van der Waals surface area contributed by atoms with Gasteiger partial charge in [-0.3, -0.25) is 0 Å². The molecule has 1 N–H and O–H groups in total. The molecule has 4 nitrogen and oxygen atoms in total. The van der Waals surface area contributed by atoms with E-state index in [0.717, 1.165) is 23.7 Å². The van der Waals surface area contributed by atoms with Gasteiger partial charge in [-0.05, 0) is 13.1 Å². The zero-order chi connectivity index (χ0) is 13.9. The molecule has 0 fully saturated rings. The van der Waals surface area contributed by atoms with Crippen molar-refractivity contribution in [3.05, 3.63) is 35.7 Å². The van der Waals surface area contributed by atoms with E-state index in [0.29, 0.717) is 5.19 Å². The van der Waals surface area contributed by atoms with E-state index >= 15 is 0 Å². The minimum atomic E-state index is -0.0530. The minimum Gasteiger partial charge on any atom is -0.430 e. The fourth-order valence-corrected chi connectivity index (χ4v) is 2.32. The van der Waals surface area contributed by atoms with Gasteiger partial charge in [-0.15, -0.1) is 0 Å². The number of nitrogens with zero attached hydrogens (tertiary/aromatic N) is 2. The summed E-state index contributed by atoms with van der Waals surface area (Å²) in [6, 6.07) is 7.95. The van der Waals surface area contributed by atoms with Crippen molar-refractivity contribution in [3.8, 4) is 10.9 Å². The normalized spacial score (nSPS) is 11.6. The smallest absolute Gasteiger partial charge is 0.298 e. The summed E-state index contributed by atoms with van der Waals surface area (Å²) >= 11 is 1.29. The third-order valence-corrected chi connectivity index (χ3v) is 3.21. The SMILES string of the molecule is CNCc1ccccc1Oc1nc(C(C)(C)C)ns1. The Labute approximate surface area is 118 Å². The van der Waals surface area contributed by atoms with E-state index in [4.69, 9.17) is 4.74 Å². The first kappa shape index (κ1) is 14.0. The molecule has 5 heteroatoms. The molecule has 2 rings (SSSR count). The zero-order valence-corrected chi connectivity index (χ0v) is 12.5. The van der Waals surface area contributed by atoms with Crippen molar-refractivity contribution in [2.75, 3.05) is 7.05 Å². The molecule has 2 aromatic rings. The Morgan fingerprint density at radius 3 is 2.63 bits per heavy atom. The lowest BCUT2D eigenvalue weighted by molar-refractivity contribution is 0.461. The monoisotopic (exact) mass is 277 g/mol. The molecule has 0 saturated heterocycles. The first-order valence-electron chi connectivity index (χ1n) is 6.25. The predicted octanol–water partition coefficient (Wildman–Crippen LogP) is 3.35. The van der Waals surface area contributed by atoms with Crippen LogP contribution in [0.1, 0.15) is 32.2 Å². The van der Waals surface area contributed by atoms with Crippen molar-refractivity contribution < 1.29 is 4.74 Å². The topological polar surface area (TPSA) is 47.0 Å². The van der Waals surface area contributed by atoms with Crippen LogP contribution in [0, 0.1) is 0 Å². The highest BCUT2D eigenvalue weighted by atomic mass is 32.1. The Hall–Kier alpha value is -1.46. The molecule has 1 aromatic carbocycles. The molecule has 0 spiro atoms. The Morgan fingerprint density at radius 1 is 1.26 bits per heavy atom. The number of hydrogen-bond donors (Lipinski definition) is 1. The molecular weight excluding hydrogens is 258 g/mol. The standard InChI is InChI=1S/C14H19N3OS/c1-14(2,3)12-16-13(19-17-12)18-11-8-6-5-7-10(11)9-15-4/h5-8,15H,9H2,1-4H3. The van der Waals surface area contributed by atoms with Crippen molar-refractivity contribution >= 4 is 11.5 Å². The number of aromatic nitrogens is 2. The quantitative estimate of drug-likeness (QED) is 0.931. The second kappa shape index (κ2) is 5.67. The van der Waals surface area contributed by atoms with E-state index in [2.05, 4.69) is 35.4 Å². The van der Waals surface area contributed by atoms with Gasteiger partial charge in [0.2, 0.25) is 0 Å². The van der Waals surface area contributed by atoms with Crippen LogP contribution in [-0.2, 0) is 12.0 Å². The van der Waals surface area contributed by atoms with Gasteiger partial charge in [0.25, 0.3) is 5.19 Å². The van der Waals surface area contributed by atoms with Gasteiger partial charge in [-0.2, -0.15) is 9.36 Å². The summed E-state index contributed by atoms with van der Waals surface area (Å²) in [6.45, 7) is 7.04. The number of benzene rings is 1.